The van der Waals surface area contributed by atoms with E-state index in [4.69, 9.17) is 4.52 Å². The fourth-order valence-electron chi connectivity index (χ4n) is 3.68. The van der Waals surface area contributed by atoms with Gasteiger partial charge in [0.2, 0.25) is 0 Å². The number of hydrogen-bond acceptors (Lipinski definition) is 5. The number of carbonyl (C=O) groups is 1. The highest BCUT2D eigenvalue weighted by molar-refractivity contribution is 6.32. The number of aryl methyl sites for hydroxylation is 1. The minimum Gasteiger partial charge on any atom is -0.359 e. The summed E-state index contributed by atoms with van der Waals surface area (Å²) in [4.78, 5) is 18.2. The van der Waals surface area contributed by atoms with Crippen LogP contribution in [0.2, 0.25) is 0 Å². The molecule has 2 aromatic rings. The molecule has 0 bridgehead atoms. The maximum atomic E-state index is 12.2. The lowest BCUT2D eigenvalue weighted by Gasteiger charge is -2.26. The number of H-pyrrole nitrogens is 1. The van der Waals surface area contributed by atoms with Crippen LogP contribution in [0, 0.1) is 13.8 Å². The zero-order chi connectivity index (χ0) is 18.1. The first kappa shape index (κ1) is 16.8. The molecular formula is C19H23N5O2. The third-order valence-electron chi connectivity index (χ3n) is 5.19. The molecule has 4 rings (SSSR count). The number of nitrogens with one attached hydrogen (secondary N) is 2. The Labute approximate surface area is 152 Å². The number of hydrazone groups is 1. The molecule has 0 unspecified atom stereocenters. The molecule has 0 aliphatic carbocycles. The molecular weight excluding hydrogens is 330 g/mol. The van der Waals surface area contributed by atoms with Crippen LogP contribution >= 0.6 is 0 Å². The highest BCUT2D eigenvalue weighted by Gasteiger charge is 2.27. The van der Waals surface area contributed by atoms with E-state index in [9.17, 15) is 4.79 Å². The van der Waals surface area contributed by atoms with Crippen molar-refractivity contribution in [3.8, 4) is 0 Å². The van der Waals surface area contributed by atoms with Gasteiger partial charge in [0.25, 0.3) is 5.91 Å². The average molecular weight is 353 g/mol. The highest BCUT2D eigenvalue weighted by Crippen LogP contribution is 2.25. The quantitative estimate of drug-likeness (QED) is 0.827. The van der Waals surface area contributed by atoms with Crippen LogP contribution in [0.15, 0.2) is 27.5 Å². The maximum absolute atomic E-state index is 12.2. The van der Waals surface area contributed by atoms with Gasteiger partial charge in [0.15, 0.2) is 5.76 Å². The molecule has 136 valence electrons. The summed E-state index contributed by atoms with van der Waals surface area (Å²) >= 11 is 0. The second kappa shape index (κ2) is 6.92. The summed E-state index contributed by atoms with van der Waals surface area (Å²) in [6.07, 6.45) is 7.27. The van der Waals surface area contributed by atoms with Gasteiger partial charge in [-0.3, -0.25) is 9.69 Å². The van der Waals surface area contributed by atoms with E-state index >= 15 is 0 Å². The van der Waals surface area contributed by atoms with Crippen molar-refractivity contribution in [2.24, 2.45) is 5.10 Å². The third-order valence-corrected chi connectivity index (χ3v) is 5.19. The summed E-state index contributed by atoms with van der Waals surface area (Å²) in [5, 5.41) is 7.78. The second-order valence-electron chi connectivity index (χ2n) is 6.94. The summed E-state index contributed by atoms with van der Waals surface area (Å²) in [6.45, 7) is 7.46. The summed E-state index contributed by atoms with van der Waals surface area (Å²) in [5.74, 6) is 0.240. The minimum absolute atomic E-state index is 0.236. The fourth-order valence-corrected chi connectivity index (χ4v) is 3.68. The Morgan fingerprint density at radius 2 is 2.08 bits per heavy atom. The van der Waals surface area contributed by atoms with Gasteiger partial charge in [-0.05, 0) is 57.0 Å². The monoisotopic (exact) mass is 353 g/mol. The van der Waals surface area contributed by atoms with Crippen molar-refractivity contribution < 1.29 is 9.32 Å². The summed E-state index contributed by atoms with van der Waals surface area (Å²) in [6, 6.07) is 1.70. The van der Waals surface area contributed by atoms with Crippen LogP contribution in [0.3, 0.4) is 0 Å². The molecule has 1 saturated heterocycles. The predicted molar refractivity (Wildman–Crippen MR) is 98.6 cm³/mol. The van der Waals surface area contributed by atoms with Gasteiger partial charge < -0.3 is 9.51 Å². The zero-order valence-electron chi connectivity index (χ0n) is 15.1. The van der Waals surface area contributed by atoms with E-state index in [-0.39, 0.29) is 5.91 Å². The molecule has 0 spiro atoms. The van der Waals surface area contributed by atoms with Crippen LogP contribution in [0.5, 0.6) is 0 Å². The van der Waals surface area contributed by atoms with Crippen molar-refractivity contribution >= 4 is 17.7 Å². The van der Waals surface area contributed by atoms with Crippen LogP contribution in [-0.4, -0.2) is 39.7 Å². The Balaban J connectivity index is 1.63. The SMILES string of the molecule is Cc1[nH]c(/C=C2/C(=O)NN=C2c2ccno2)c(C)c1CN1CCCCC1. The molecule has 26 heavy (non-hydrogen) atoms. The first-order chi connectivity index (χ1) is 12.6. The van der Waals surface area contributed by atoms with Crippen LogP contribution < -0.4 is 5.43 Å². The maximum Gasteiger partial charge on any atom is 0.273 e. The van der Waals surface area contributed by atoms with Crippen molar-refractivity contribution in [3.05, 3.63) is 46.1 Å². The van der Waals surface area contributed by atoms with Crippen LogP contribution in [0.1, 0.15) is 47.5 Å². The lowest BCUT2D eigenvalue weighted by atomic mass is 10.0. The van der Waals surface area contributed by atoms with Gasteiger partial charge >= 0.3 is 0 Å². The molecule has 2 aliphatic heterocycles. The number of rotatable bonds is 4. The van der Waals surface area contributed by atoms with Gasteiger partial charge in [0.05, 0.1) is 11.8 Å². The first-order valence-electron chi connectivity index (χ1n) is 9.05. The lowest BCUT2D eigenvalue weighted by Crippen LogP contribution is -2.29. The molecule has 7 heteroatoms. The van der Waals surface area contributed by atoms with Gasteiger partial charge in [-0.2, -0.15) is 5.10 Å². The number of aromatic nitrogens is 2. The van der Waals surface area contributed by atoms with Gasteiger partial charge in [-0.15, -0.1) is 0 Å². The largest absolute Gasteiger partial charge is 0.359 e. The van der Waals surface area contributed by atoms with E-state index in [2.05, 4.69) is 39.4 Å². The topological polar surface area (TPSA) is 86.5 Å². The van der Waals surface area contributed by atoms with Crippen molar-refractivity contribution in [1.29, 1.82) is 0 Å². The van der Waals surface area contributed by atoms with Crippen molar-refractivity contribution in [1.82, 2.24) is 20.5 Å². The predicted octanol–water partition coefficient (Wildman–Crippen LogP) is 2.52. The Morgan fingerprint density at radius 1 is 1.27 bits per heavy atom. The van der Waals surface area contributed by atoms with Gasteiger partial charge in [0, 0.05) is 24.0 Å². The smallest absolute Gasteiger partial charge is 0.273 e. The van der Waals surface area contributed by atoms with Crippen LogP contribution in [-0.2, 0) is 11.3 Å². The number of piperidine rings is 1. The molecule has 4 heterocycles. The van der Waals surface area contributed by atoms with E-state index < -0.39 is 0 Å². The summed E-state index contributed by atoms with van der Waals surface area (Å²) in [5.41, 5.74) is 8.05. The average Bonchev–Trinajstić information content (AvgIpc) is 3.34. The number of nitrogens with zero attached hydrogens (tertiary/aromatic N) is 3. The molecule has 0 atom stereocenters. The molecule has 0 saturated carbocycles. The molecule has 2 N–H and O–H groups in total. The second-order valence-corrected chi connectivity index (χ2v) is 6.94. The summed E-state index contributed by atoms with van der Waals surface area (Å²) in [7, 11) is 0. The number of aromatic amines is 1. The Hall–Kier alpha value is -2.67. The number of hydrogen-bond donors (Lipinski definition) is 2. The van der Waals surface area contributed by atoms with Crippen molar-refractivity contribution in [3.63, 3.8) is 0 Å². The number of likely N-dealkylation sites (tertiary alicyclic amines) is 1. The van der Waals surface area contributed by atoms with E-state index in [0.717, 1.165) is 31.0 Å². The lowest BCUT2D eigenvalue weighted by molar-refractivity contribution is -0.116. The van der Waals surface area contributed by atoms with E-state index in [1.54, 1.807) is 12.3 Å². The first-order valence-corrected chi connectivity index (χ1v) is 9.05. The Bertz CT molecular complexity index is 870. The normalized spacial score (nSPS) is 19.8. The molecule has 7 nitrogen and oxygen atoms in total. The van der Waals surface area contributed by atoms with Crippen molar-refractivity contribution in [2.45, 2.75) is 39.7 Å². The third kappa shape index (κ3) is 3.10. The standard InChI is InChI=1S/C19H23N5O2/c1-12-15(11-24-8-4-3-5-9-24)13(2)21-16(12)10-14-18(22-23-19(14)25)17-6-7-20-26-17/h6-7,10,21H,3-5,8-9,11H2,1-2H3,(H,23,25)/b14-10+. The Morgan fingerprint density at radius 3 is 2.81 bits per heavy atom. The molecule has 2 aromatic heterocycles. The molecule has 1 amide bonds. The molecule has 0 aromatic carbocycles. The van der Waals surface area contributed by atoms with Crippen LogP contribution in [0.25, 0.3) is 6.08 Å². The van der Waals surface area contributed by atoms with Gasteiger partial charge in [-0.25, -0.2) is 5.43 Å². The molecule has 1 fully saturated rings. The number of carbonyl (C=O) groups excluding carboxylic acids is 1. The Kier molecular flexibility index (Phi) is 4.46. The molecule has 2 aliphatic rings. The van der Waals surface area contributed by atoms with Crippen molar-refractivity contribution in [2.75, 3.05) is 13.1 Å². The fraction of sp³-hybridized carbons (Fsp3) is 0.421. The van der Waals surface area contributed by atoms with E-state index in [1.807, 2.05) is 6.08 Å². The minimum atomic E-state index is -0.236. The molecule has 0 radical (unpaired) electrons. The van der Waals surface area contributed by atoms with Gasteiger partial charge in [-0.1, -0.05) is 11.6 Å². The van der Waals surface area contributed by atoms with E-state index in [1.165, 1.54) is 30.4 Å². The van der Waals surface area contributed by atoms with Crippen LogP contribution in [0.4, 0.5) is 0 Å². The number of amides is 1. The van der Waals surface area contributed by atoms with Gasteiger partial charge in [0.1, 0.15) is 5.71 Å². The van der Waals surface area contributed by atoms with E-state index in [0.29, 0.717) is 17.0 Å². The summed E-state index contributed by atoms with van der Waals surface area (Å²) < 4.78 is 5.16. The highest BCUT2D eigenvalue weighted by atomic mass is 16.5. The zero-order valence-corrected chi connectivity index (χ0v) is 15.1.